The average Bonchev–Trinajstić information content (AvgIpc) is 3.51. The summed E-state index contributed by atoms with van der Waals surface area (Å²) in [7, 11) is 1.50. The molecule has 7 heteroatoms. The number of rotatable bonds is 6. The molecule has 3 N–H and O–H groups in total. The SMILES string of the molecule is CN.O=C(NC1CCN(C(=O)CCc2ccccc2)CC1)c1cc(C2CC2)on1. The molecule has 2 fully saturated rings. The van der Waals surface area contributed by atoms with Crippen LogP contribution in [0.4, 0.5) is 0 Å². The topological polar surface area (TPSA) is 101 Å². The highest BCUT2D eigenvalue weighted by atomic mass is 16.5. The van der Waals surface area contributed by atoms with Gasteiger partial charge >= 0.3 is 0 Å². The Morgan fingerprint density at radius 2 is 1.83 bits per heavy atom. The van der Waals surface area contributed by atoms with Crippen molar-refractivity contribution >= 4 is 11.8 Å². The van der Waals surface area contributed by atoms with Crippen molar-refractivity contribution in [2.75, 3.05) is 20.1 Å². The molecule has 1 saturated carbocycles. The summed E-state index contributed by atoms with van der Waals surface area (Å²) in [6, 6.07) is 11.9. The van der Waals surface area contributed by atoms with Crippen LogP contribution in [-0.4, -0.2) is 48.0 Å². The van der Waals surface area contributed by atoms with Crippen LogP contribution in [0, 0.1) is 0 Å². The molecule has 4 rings (SSSR count). The van der Waals surface area contributed by atoms with Gasteiger partial charge in [0, 0.05) is 37.5 Å². The van der Waals surface area contributed by atoms with Crippen molar-refractivity contribution in [1.29, 1.82) is 0 Å². The number of benzene rings is 1. The smallest absolute Gasteiger partial charge is 0.273 e. The zero-order valence-electron chi connectivity index (χ0n) is 17.0. The van der Waals surface area contributed by atoms with E-state index in [0.717, 1.165) is 37.9 Å². The minimum Gasteiger partial charge on any atom is -0.360 e. The molecule has 156 valence electrons. The Morgan fingerprint density at radius 1 is 1.14 bits per heavy atom. The molecule has 1 aromatic heterocycles. The Kier molecular flexibility index (Phi) is 7.41. The number of nitrogens with one attached hydrogen (secondary N) is 1. The maximum absolute atomic E-state index is 12.4. The number of carbonyl (C=O) groups is 2. The summed E-state index contributed by atoms with van der Waals surface area (Å²) in [5.41, 5.74) is 6.05. The van der Waals surface area contributed by atoms with Crippen LogP contribution in [0.3, 0.4) is 0 Å². The van der Waals surface area contributed by atoms with Crippen LogP contribution in [0.1, 0.15) is 59.8 Å². The molecule has 29 heavy (non-hydrogen) atoms. The number of aromatic nitrogens is 1. The van der Waals surface area contributed by atoms with Crippen molar-refractivity contribution in [3.05, 3.63) is 53.4 Å². The van der Waals surface area contributed by atoms with E-state index in [2.05, 4.69) is 16.2 Å². The van der Waals surface area contributed by atoms with Gasteiger partial charge in [-0.15, -0.1) is 0 Å². The van der Waals surface area contributed by atoms with Crippen molar-refractivity contribution in [2.45, 2.75) is 50.5 Å². The van der Waals surface area contributed by atoms with Gasteiger partial charge in [0.2, 0.25) is 5.91 Å². The number of piperidine rings is 1. The number of carbonyl (C=O) groups excluding carboxylic acids is 2. The molecular weight excluding hydrogens is 368 g/mol. The van der Waals surface area contributed by atoms with E-state index in [-0.39, 0.29) is 17.9 Å². The number of aryl methyl sites for hydroxylation is 1. The van der Waals surface area contributed by atoms with E-state index in [1.807, 2.05) is 35.2 Å². The molecule has 0 radical (unpaired) electrons. The van der Waals surface area contributed by atoms with Crippen molar-refractivity contribution in [3.8, 4) is 0 Å². The highest BCUT2D eigenvalue weighted by Crippen LogP contribution is 2.40. The van der Waals surface area contributed by atoms with Gasteiger partial charge in [0.15, 0.2) is 5.69 Å². The minimum atomic E-state index is -0.181. The van der Waals surface area contributed by atoms with Gasteiger partial charge in [0.1, 0.15) is 5.76 Å². The third kappa shape index (κ3) is 5.90. The molecule has 0 atom stereocenters. The van der Waals surface area contributed by atoms with Gasteiger partial charge in [-0.3, -0.25) is 9.59 Å². The molecule has 2 aliphatic rings. The van der Waals surface area contributed by atoms with Crippen LogP contribution < -0.4 is 11.1 Å². The molecule has 1 saturated heterocycles. The molecule has 2 heterocycles. The average molecular weight is 399 g/mol. The van der Waals surface area contributed by atoms with E-state index in [1.165, 1.54) is 12.6 Å². The van der Waals surface area contributed by atoms with Gasteiger partial charge < -0.3 is 20.5 Å². The van der Waals surface area contributed by atoms with Gasteiger partial charge in [-0.1, -0.05) is 35.5 Å². The molecule has 1 aromatic carbocycles. The zero-order valence-corrected chi connectivity index (χ0v) is 17.0. The van der Waals surface area contributed by atoms with E-state index >= 15 is 0 Å². The second kappa shape index (κ2) is 10.2. The van der Waals surface area contributed by atoms with E-state index < -0.39 is 0 Å². The Hall–Kier alpha value is -2.67. The quantitative estimate of drug-likeness (QED) is 0.778. The van der Waals surface area contributed by atoms with Crippen LogP contribution in [0.15, 0.2) is 40.9 Å². The lowest BCUT2D eigenvalue weighted by Gasteiger charge is -2.32. The molecule has 1 aliphatic carbocycles. The number of nitrogens with zero attached hydrogens (tertiary/aromatic N) is 2. The van der Waals surface area contributed by atoms with Crippen LogP contribution in [0.2, 0.25) is 0 Å². The number of amides is 2. The Balaban J connectivity index is 0.00000117. The summed E-state index contributed by atoms with van der Waals surface area (Å²) in [4.78, 5) is 26.6. The predicted molar refractivity (Wildman–Crippen MR) is 110 cm³/mol. The standard InChI is InChI=1S/C21H25N3O3.CH5N/c25-20(9-6-15-4-2-1-3-5-15)24-12-10-17(11-13-24)22-21(26)18-14-19(27-23-18)16-7-8-16;1-2/h1-5,14,16-17H,6-13H2,(H,22,26);2H2,1H3. The van der Waals surface area contributed by atoms with Crippen molar-refractivity contribution in [1.82, 2.24) is 15.4 Å². The first kappa shape index (κ1) is 21.0. The Labute approximate surface area is 171 Å². The fourth-order valence-corrected chi connectivity index (χ4v) is 3.54. The molecule has 2 aromatic rings. The van der Waals surface area contributed by atoms with Crippen molar-refractivity contribution in [2.24, 2.45) is 5.73 Å². The molecule has 1 aliphatic heterocycles. The first-order valence-electron chi connectivity index (χ1n) is 10.4. The minimum absolute atomic E-state index is 0.0803. The molecule has 0 spiro atoms. The van der Waals surface area contributed by atoms with Gasteiger partial charge in [-0.25, -0.2) is 0 Å². The van der Waals surface area contributed by atoms with Crippen LogP contribution in [-0.2, 0) is 11.2 Å². The second-order valence-corrected chi connectivity index (χ2v) is 7.50. The highest BCUT2D eigenvalue weighted by molar-refractivity contribution is 5.92. The summed E-state index contributed by atoms with van der Waals surface area (Å²) >= 11 is 0. The number of likely N-dealkylation sites (tertiary alicyclic amines) is 1. The molecule has 0 bridgehead atoms. The van der Waals surface area contributed by atoms with E-state index in [9.17, 15) is 9.59 Å². The first-order chi connectivity index (χ1) is 14.2. The Morgan fingerprint density at radius 3 is 2.48 bits per heavy atom. The lowest BCUT2D eigenvalue weighted by molar-refractivity contribution is -0.132. The molecule has 2 amide bonds. The second-order valence-electron chi connectivity index (χ2n) is 7.50. The van der Waals surface area contributed by atoms with E-state index in [1.54, 1.807) is 6.07 Å². The lowest BCUT2D eigenvalue weighted by Crippen LogP contribution is -2.46. The predicted octanol–water partition coefficient (Wildman–Crippen LogP) is 2.48. The number of hydrogen-bond donors (Lipinski definition) is 2. The maximum Gasteiger partial charge on any atom is 0.273 e. The van der Waals surface area contributed by atoms with Crippen LogP contribution in [0.25, 0.3) is 0 Å². The number of hydrogen-bond acceptors (Lipinski definition) is 5. The van der Waals surface area contributed by atoms with Gasteiger partial charge in [0.05, 0.1) is 0 Å². The zero-order chi connectivity index (χ0) is 20.6. The summed E-state index contributed by atoms with van der Waals surface area (Å²) in [6.45, 7) is 1.37. The summed E-state index contributed by atoms with van der Waals surface area (Å²) in [5.74, 6) is 1.27. The molecular formula is C22H30N4O3. The van der Waals surface area contributed by atoms with E-state index in [0.29, 0.717) is 31.1 Å². The van der Waals surface area contributed by atoms with Crippen LogP contribution in [0.5, 0.6) is 0 Å². The van der Waals surface area contributed by atoms with Crippen LogP contribution >= 0.6 is 0 Å². The van der Waals surface area contributed by atoms with Gasteiger partial charge in [0.25, 0.3) is 5.91 Å². The van der Waals surface area contributed by atoms with Gasteiger partial charge in [-0.2, -0.15) is 0 Å². The van der Waals surface area contributed by atoms with Crippen molar-refractivity contribution < 1.29 is 14.1 Å². The Bertz CT molecular complexity index is 793. The molecule has 7 nitrogen and oxygen atoms in total. The maximum atomic E-state index is 12.4. The third-order valence-corrected chi connectivity index (χ3v) is 5.39. The lowest BCUT2D eigenvalue weighted by atomic mass is 10.0. The summed E-state index contributed by atoms with van der Waals surface area (Å²) in [5, 5.41) is 6.91. The van der Waals surface area contributed by atoms with E-state index in [4.69, 9.17) is 4.52 Å². The summed E-state index contributed by atoms with van der Waals surface area (Å²) < 4.78 is 5.25. The third-order valence-electron chi connectivity index (χ3n) is 5.39. The first-order valence-corrected chi connectivity index (χ1v) is 10.4. The molecule has 0 unspecified atom stereocenters. The highest BCUT2D eigenvalue weighted by Gasteiger charge is 2.30. The largest absolute Gasteiger partial charge is 0.360 e. The van der Waals surface area contributed by atoms with Gasteiger partial charge in [-0.05, 0) is 44.7 Å². The normalized spacial score (nSPS) is 16.7. The fraction of sp³-hybridized carbons (Fsp3) is 0.500. The monoisotopic (exact) mass is 398 g/mol. The van der Waals surface area contributed by atoms with Crippen molar-refractivity contribution in [3.63, 3.8) is 0 Å². The number of nitrogens with two attached hydrogens (primary N) is 1. The fourth-order valence-electron chi connectivity index (χ4n) is 3.54. The summed E-state index contributed by atoms with van der Waals surface area (Å²) in [6.07, 6.45) is 5.09.